The molecule has 0 spiro atoms. The second-order valence-electron chi connectivity index (χ2n) is 3.70. The van der Waals surface area contributed by atoms with E-state index in [4.69, 9.17) is 11.1 Å². The third-order valence-electron chi connectivity index (χ3n) is 2.45. The molecule has 0 saturated heterocycles. The second-order valence-corrected chi connectivity index (χ2v) is 3.70. The number of aromatic nitrogens is 1. The normalized spacial score (nSPS) is 12.2. The van der Waals surface area contributed by atoms with E-state index in [9.17, 15) is 4.39 Å². The van der Waals surface area contributed by atoms with Gasteiger partial charge in [0.15, 0.2) is 11.6 Å². The fourth-order valence-electron chi connectivity index (χ4n) is 1.40. The predicted molar refractivity (Wildman–Crippen MR) is 63.2 cm³/mol. The number of amidine groups is 1. The molecule has 5 heteroatoms. The Morgan fingerprint density at radius 3 is 2.88 bits per heavy atom. The van der Waals surface area contributed by atoms with Gasteiger partial charge in [-0.15, -0.1) is 0 Å². The first kappa shape index (κ1) is 12.4. The maximum atomic E-state index is 13.5. The molecule has 1 aromatic heterocycles. The molecule has 3 N–H and O–H groups in total. The Bertz CT molecular complexity index is 367. The van der Waals surface area contributed by atoms with Crippen LogP contribution >= 0.6 is 0 Å². The number of pyridine rings is 1. The Hall–Kier alpha value is -1.65. The Morgan fingerprint density at radius 1 is 1.69 bits per heavy atom. The molecule has 1 aromatic rings. The molecule has 0 fully saturated rings. The Balaban J connectivity index is 2.83. The molecule has 1 atom stereocenters. The summed E-state index contributed by atoms with van der Waals surface area (Å²) in [6.45, 7) is 4.89. The molecule has 0 aliphatic carbocycles. The van der Waals surface area contributed by atoms with E-state index in [-0.39, 0.29) is 17.6 Å². The van der Waals surface area contributed by atoms with E-state index in [1.807, 2.05) is 13.8 Å². The lowest BCUT2D eigenvalue weighted by Gasteiger charge is -2.25. The van der Waals surface area contributed by atoms with Gasteiger partial charge >= 0.3 is 0 Å². The highest BCUT2D eigenvalue weighted by Crippen LogP contribution is 2.16. The zero-order chi connectivity index (χ0) is 12.1. The molecule has 4 nitrogen and oxygen atoms in total. The van der Waals surface area contributed by atoms with Crippen molar-refractivity contribution in [1.29, 1.82) is 5.41 Å². The zero-order valence-corrected chi connectivity index (χ0v) is 9.57. The molecule has 0 bridgehead atoms. The van der Waals surface area contributed by atoms with Gasteiger partial charge in [-0.2, -0.15) is 0 Å². The zero-order valence-electron chi connectivity index (χ0n) is 9.57. The molecule has 0 aliphatic heterocycles. The Morgan fingerprint density at radius 2 is 2.38 bits per heavy atom. The number of nitrogens with one attached hydrogen (secondary N) is 1. The average Bonchev–Trinajstić information content (AvgIpc) is 2.26. The van der Waals surface area contributed by atoms with E-state index in [1.54, 1.807) is 17.2 Å². The quantitative estimate of drug-likeness (QED) is 0.590. The molecular weight excluding hydrogens is 207 g/mol. The van der Waals surface area contributed by atoms with Crippen LogP contribution in [-0.4, -0.2) is 23.9 Å². The fourth-order valence-corrected chi connectivity index (χ4v) is 1.40. The van der Waals surface area contributed by atoms with Crippen LogP contribution in [-0.2, 0) is 0 Å². The highest BCUT2D eigenvalue weighted by molar-refractivity contribution is 5.79. The molecular formula is C11H17FN4. The highest BCUT2D eigenvalue weighted by Gasteiger charge is 2.15. The van der Waals surface area contributed by atoms with Crippen molar-refractivity contribution in [3.63, 3.8) is 0 Å². The first-order valence-corrected chi connectivity index (χ1v) is 5.25. The standard InChI is InChI=1S/C11H17FN4/c1-3-16(7-8(2)10(13)14)11-9(12)5-4-6-15-11/h4-6,8H,3,7H2,1-2H3,(H3,13,14). The summed E-state index contributed by atoms with van der Waals surface area (Å²) in [6.07, 6.45) is 1.56. The summed E-state index contributed by atoms with van der Waals surface area (Å²) in [4.78, 5) is 5.78. The highest BCUT2D eigenvalue weighted by atomic mass is 19.1. The third-order valence-corrected chi connectivity index (χ3v) is 2.45. The molecule has 16 heavy (non-hydrogen) atoms. The van der Waals surface area contributed by atoms with Gasteiger partial charge < -0.3 is 10.6 Å². The molecule has 0 saturated carbocycles. The van der Waals surface area contributed by atoms with E-state index in [2.05, 4.69) is 4.98 Å². The van der Waals surface area contributed by atoms with Crippen molar-refractivity contribution < 1.29 is 4.39 Å². The summed E-state index contributed by atoms with van der Waals surface area (Å²) in [5, 5.41) is 7.32. The Kier molecular flexibility index (Phi) is 4.22. The molecule has 1 unspecified atom stereocenters. The lowest BCUT2D eigenvalue weighted by atomic mass is 10.1. The largest absolute Gasteiger partial charge is 0.387 e. The number of nitrogens with two attached hydrogens (primary N) is 1. The molecule has 88 valence electrons. The molecule has 0 aliphatic rings. The maximum absolute atomic E-state index is 13.5. The van der Waals surface area contributed by atoms with Crippen molar-refractivity contribution in [3.8, 4) is 0 Å². The molecule has 0 amide bonds. The van der Waals surface area contributed by atoms with Gasteiger partial charge in [0, 0.05) is 25.2 Å². The monoisotopic (exact) mass is 224 g/mol. The van der Waals surface area contributed by atoms with Crippen LogP contribution in [0.15, 0.2) is 18.3 Å². The first-order valence-electron chi connectivity index (χ1n) is 5.25. The van der Waals surface area contributed by atoms with Crippen LogP contribution in [0.2, 0.25) is 0 Å². The summed E-state index contributed by atoms with van der Waals surface area (Å²) in [5.41, 5.74) is 5.40. The summed E-state index contributed by atoms with van der Waals surface area (Å²) in [5.74, 6) is -0.0330. The predicted octanol–water partition coefficient (Wildman–Crippen LogP) is 1.62. The van der Waals surface area contributed by atoms with Crippen LogP contribution in [0.4, 0.5) is 10.2 Å². The van der Waals surface area contributed by atoms with Crippen molar-refractivity contribution >= 4 is 11.7 Å². The van der Waals surface area contributed by atoms with Crippen molar-refractivity contribution in [3.05, 3.63) is 24.1 Å². The SMILES string of the molecule is CCN(CC(C)C(=N)N)c1ncccc1F. The molecule has 0 aromatic carbocycles. The van der Waals surface area contributed by atoms with Crippen LogP contribution in [0.3, 0.4) is 0 Å². The van der Waals surface area contributed by atoms with Gasteiger partial charge in [-0.1, -0.05) is 6.92 Å². The van der Waals surface area contributed by atoms with E-state index in [0.717, 1.165) is 0 Å². The van der Waals surface area contributed by atoms with Crippen molar-refractivity contribution in [2.45, 2.75) is 13.8 Å². The minimum atomic E-state index is -0.347. The number of hydrogen-bond acceptors (Lipinski definition) is 3. The van der Waals surface area contributed by atoms with Gasteiger partial charge in [0.05, 0.1) is 5.84 Å². The second kappa shape index (κ2) is 5.44. The molecule has 1 rings (SSSR count). The van der Waals surface area contributed by atoms with E-state index in [1.165, 1.54) is 6.07 Å². The van der Waals surface area contributed by atoms with Gasteiger partial charge in [0.2, 0.25) is 0 Å². The van der Waals surface area contributed by atoms with Crippen LogP contribution in [0.25, 0.3) is 0 Å². The van der Waals surface area contributed by atoms with Gasteiger partial charge in [0.25, 0.3) is 0 Å². The molecule has 0 radical (unpaired) electrons. The van der Waals surface area contributed by atoms with Crippen molar-refractivity contribution in [2.24, 2.45) is 11.7 Å². The third kappa shape index (κ3) is 2.92. The summed E-state index contributed by atoms with van der Waals surface area (Å²) < 4.78 is 13.5. The number of halogens is 1. The summed E-state index contributed by atoms with van der Waals surface area (Å²) in [7, 11) is 0. The number of rotatable bonds is 5. The van der Waals surface area contributed by atoms with Gasteiger partial charge in [-0.25, -0.2) is 9.37 Å². The van der Waals surface area contributed by atoms with Crippen LogP contribution in [0.1, 0.15) is 13.8 Å². The van der Waals surface area contributed by atoms with Crippen molar-refractivity contribution in [2.75, 3.05) is 18.0 Å². The molecule has 1 heterocycles. The number of hydrogen-bond donors (Lipinski definition) is 2. The minimum absolute atomic E-state index is 0.106. The first-order chi connectivity index (χ1) is 7.56. The van der Waals surface area contributed by atoms with Gasteiger partial charge in [-0.05, 0) is 19.1 Å². The van der Waals surface area contributed by atoms with Crippen LogP contribution in [0, 0.1) is 17.1 Å². The maximum Gasteiger partial charge on any atom is 0.165 e. The average molecular weight is 224 g/mol. The summed E-state index contributed by atoms with van der Waals surface area (Å²) in [6, 6.07) is 2.94. The Labute approximate surface area is 94.8 Å². The van der Waals surface area contributed by atoms with E-state index >= 15 is 0 Å². The van der Waals surface area contributed by atoms with Gasteiger partial charge in [0.1, 0.15) is 0 Å². The summed E-state index contributed by atoms with van der Waals surface area (Å²) >= 11 is 0. The van der Waals surface area contributed by atoms with Gasteiger partial charge in [-0.3, -0.25) is 5.41 Å². The smallest absolute Gasteiger partial charge is 0.165 e. The van der Waals surface area contributed by atoms with Crippen LogP contribution < -0.4 is 10.6 Å². The fraction of sp³-hybridized carbons (Fsp3) is 0.455. The van der Waals surface area contributed by atoms with Crippen LogP contribution in [0.5, 0.6) is 0 Å². The number of anilines is 1. The lowest BCUT2D eigenvalue weighted by molar-refractivity contribution is 0.600. The van der Waals surface area contributed by atoms with Crippen molar-refractivity contribution in [1.82, 2.24) is 4.98 Å². The lowest BCUT2D eigenvalue weighted by Crippen LogP contribution is -2.35. The van der Waals surface area contributed by atoms with E-state index < -0.39 is 0 Å². The van der Waals surface area contributed by atoms with E-state index in [0.29, 0.717) is 18.9 Å². The minimum Gasteiger partial charge on any atom is -0.387 e. The number of nitrogens with zero attached hydrogens (tertiary/aromatic N) is 2. The topological polar surface area (TPSA) is 66.0 Å².